The molecule has 0 saturated carbocycles. The molecule has 0 saturated heterocycles. The number of carbonyl (C=O) groups excluding carboxylic acids is 1. The maximum atomic E-state index is 13.3. The topological polar surface area (TPSA) is 118 Å². The van der Waals surface area contributed by atoms with E-state index in [1.807, 2.05) is 66.1 Å². The predicted octanol–water partition coefficient (Wildman–Crippen LogP) is 2.59. The van der Waals surface area contributed by atoms with Gasteiger partial charge in [-0.05, 0) is 26.0 Å². The van der Waals surface area contributed by atoms with E-state index in [1.165, 1.54) is 25.9 Å². The van der Waals surface area contributed by atoms with Crippen LogP contribution in [0.5, 0.6) is 0 Å². The lowest BCUT2D eigenvalue weighted by atomic mass is 10.1. The van der Waals surface area contributed by atoms with E-state index in [1.54, 1.807) is 6.92 Å². The van der Waals surface area contributed by atoms with Crippen LogP contribution in [-0.4, -0.2) is 34.9 Å². The molecular formula is C24H24N6O3S. The van der Waals surface area contributed by atoms with E-state index in [4.69, 9.17) is 5.73 Å². The zero-order chi connectivity index (χ0) is 24.6. The number of thioether (sulfide) groups is 1. The largest absolute Gasteiger partial charge is 0.384 e. The van der Waals surface area contributed by atoms with Crippen molar-refractivity contribution in [1.29, 1.82) is 0 Å². The van der Waals surface area contributed by atoms with E-state index in [0.717, 1.165) is 25.9 Å². The molecule has 10 heteroatoms. The van der Waals surface area contributed by atoms with Crippen LogP contribution in [0.25, 0.3) is 17.1 Å². The van der Waals surface area contributed by atoms with E-state index in [0.29, 0.717) is 11.0 Å². The van der Waals surface area contributed by atoms with Crippen LogP contribution in [0.3, 0.4) is 0 Å². The summed E-state index contributed by atoms with van der Waals surface area (Å²) in [6.45, 7) is 3.68. The van der Waals surface area contributed by atoms with E-state index in [2.05, 4.69) is 10.2 Å². The van der Waals surface area contributed by atoms with Gasteiger partial charge in [-0.2, -0.15) is 0 Å². The lowest BCUT2D eigenvalue weighted by Gasteiger charge is -2.15. The first-order valence-electron chi connectivity index (χ1n) is 10.5. The molecule has 0 aliphatic rings. The van der Waals surface area contributed by atoms with Crippen molar-refractivity contribution in [2.75, 3.05) is 5.73 Å². The van der Waals surface area contributed by atoms with E-state index >= 15 is 0 Å². The molecule has 0 aliphatic carbocycles. The van der Waals surface area contributed by atoms with Crippen LogP contribution in [0, 0.1) is 6.92 Å². The standard InChI is InChI=1S/C24H24N6O3S/c1-14-10-12-17(13-11-14)30-21(16-8-6-5-7-9-16)26-27-23(30)34-15(2)19(31)18-20(25)28(3)24(33)29(4)22(18)32/h5-13,15H,25H2,1-4H3. The summed E-state index contributed by atoms with van der Waals surface area (Å²) < 4.78 is 3.85. The number of nitrogens with two attached hydrogens (primary N) is 1. The highest BCUT2D eigenvalue weighted by atomic mass is 32.2. The minimum atomic E-state index is -0.719. The second-order valence-corrected chi connectivity index (χ2v) is 9.24. The van der Waals surface area contributed by atoms with E-state index < -0.39 is 22.3 Å². The van der Waals surface area contributed by atoms with Crippen LogP contribution in [0.4, 0.5) is 5.82 Å². The van der Waals surface area contributed by atoms with Crippen molar-refractivity contribution in [3.8, 4) is 17.1 Å². The Balaban J connectivity index is 1.77. The molecule has 4 aromatic rings. The second kappa shape index (κ2) is 9.14. The highest BCUT2D eigenvalue weighted by Crippen LogP contribution is 2.31. The van der Waals surface area contributed by atoms with Gasteiger partial charge in [0.2, 0.25) is 0 Å². The Morgan fingerprint density at radius 3 is 2.26 bits per heavy atom. The molecular weight excluding hydrogens is 452 g/mol. The van der Waals surface area contributed by atoms with Gasteiger partial charge in [-0.1, -0.05) is 59.8 Å². The molecule has 2 N–H and O–H groups in total. The van der Waals surface area contributed by atoms with Gasteiger partial charge in [-0.15, -0.1) is 10.2 Å². The van der Waals surface area contributed by atoms with E-state index in [9.17, 15) is 14.4 Å². The van der Waals surface area contributed by atoms with Gasteiger partial charge in [0.15, 0.2) is 16.8 Å². The number of anilines is 1. The van der Waals surface area contributed by atoms with Crippen LogP contribution in [-0.2, 0) is 14.1 Å². The zero-order valence-electron chi connectivity index (χ0n) is 19.2. The predicted molar refractivity (Wildman–Crippen MR) is 133 cm³/mol. The molecule has 1 unspecified atom stereocenters. The summed E-state index contributed by atoms with van der Waals surface area (Å²) in [5.74, 6) is -0.0157. The van der Waals surface area contributed by atoms with Gasteiger partial charge in [-0.25, -0.2) is 4.79 Å². The van der Waals surface area contributed by atoms with Crippen LogP contribution in [0.15, 0.2) is 69.3 Å². The van der Waals surface area contributed by atoms with E-state index in [-0.39, 0.29) is 11.4 Å². The van der Waals surface area contributed by atoms with Crippen molar-refractivity contribution in [2.24, 2.45) is 14.1 Å². The first-order valence-corrected chi connectivity index (χ1v) is 11.4. The third-order valence-corrected chi connectivity index (χ3v) is 6.61. The van der Waals surface area contributed by atoms with Crippen LogP contribution in [0.1, 0.15) is 22.8 Å². The summed E-state index contributed by atoms with van der Waals surface area (Å²) in [5, 5.41) is 8.52. The number of hydrogen-bond donors (Lipinski definition) is 1. The number of ketones is 1. The molecule has 2 heterocycles. The average molecular weight is 477 g/mol. The molecule has 0 aliphatic heterocycles. The molecule has 2 aromatic heterocycles. The van der Waals surface area contributed by atoms with Gasteiger partial charge in [-0.3, -0.25) is 23.3 Å². The van der Waals surface area contributed by atoms with Gasteiger partial charge in [0, 0.05) is 25.3 Å². The SMILES string of the molecule is Cc1ccc(-n2c(SC(C)C(=O)c3c(N)n(C)c(=O)n(C)c3=O)nnc2-c2ccccc2)cc1. The molecule has 4 rings (SSSR count). The summed E-state index contributed by atoms with van der Waals surface area (Å²) >= 11 is 1.17. The molecule has 34 heavy (non-hydrogen) atoms. The van der Waals surface area contributed by atoms with Crippen molar-refractivity contribution in [3.63, 3.8) is 0 Å². The maximum absolute atomic E-state index is 13.3. The fraction of sp³-hybridized carbons (Fsp3) is 0.208. The fourth-order valence-corrected chi connectivity index (χ4v) is 4.48. The number of rotatable bonds is 6. The van der Waals surface area contributed by atoms with Gasteiger partial charge in [0.05, 0.1) is 5.25 Å². The molecule has 0 spiro atoms. The quantitative estimate of drug-likeness (QED) is 0.336. The molecule has 9 nitrogen and oxygen atoms in total. The third kappa shape index (κ3) is 4.08. The minimum Gasteiger partial charge on any atom is -0.384 e. The van der Waals surface area contributed by atoms with Gasteiger partial charge < -0.3 is 5.73 Å². The van der Waals surface area contributed by atoms with Crippen LogP contribution < -0.4 is 17.0 Å². The fourth-order valence-electron chi connectivity index (χ4n) is 3.55. The first-order chi connectivity index (χ1) is 16.2. The Labute approximate surface area is 199 Å². The second-order valence-electron chi connectivity index (χ2n) is 7.93. The Morgan fingerprint density at radius 2 is 1.62 bits per heavy atom. The van der Waals surface area contributed by atoms with Crippen molar-refractivity contribution >= 4 is 23.4 Å². The molecule has 1 atom stereocenters. The highest BCUT2D eigenvalue weighted by Gasteiger charge is 2.28. The Bertz CT molecular complexity index is 1490. The number of nitrogen functional groups attached to an aromatic ring is 1. The Morgan fingerprint density at radius 1 is 0.971 bits per heavy atom. The lowest BCUT2D eigenvalue weighted by Crippen LogP contribution is -2.42. The number of aryl methyl sites for hydroxylation is 1. The summed E-state index contributed by atoms with van der Waals surface area (Å²) in [5.41, 5.74) is 7.28. The van der Waals surface area contributed by atoms with Crippen molar-refractivity contribution in [1.82, 2.24) is 23.9 Å². The molecule has 0 amide bonds. The summed E-state index contributed by atoms with van der Waals surface area (Å²) in [6.07, 6.45) is 0. The van der Waals surface area contributed by atoms with Crippen molar-refractivity contribution < 1.29 is 4.79 Å². The number of nitrogens with zero attached hydrogens (tertiary/aromatic N) is 5. The number of aromatic nitrogens is 5. The number of carbonyl (C=O) groups is 1. The maximum Gasteiger partial charge on any atom is 0.332 e. The number of benzene rings is 2. The smallest absolute Gasteiger partial charge is 0.332 e. The summed E-state index contributed by atoms with van der Waals surface area (Å²) in [6, 6.07) is 17.5. The monoisotopic (exact) mass is 476 g/mol. The minimum absolute atomic E-state index is 0.157. The first kappa shape index (κ1) is 23.2. The number of hydrogen-bond acceptors (Lipinski definition) is 7. The van der Waals surface area contributed by atoms with Crippen molar-refractivity contribution in [2.45, 2.75) is 24.3 Å². The van der Waals surface area contributed by atoms with Crippen LogP contribution >= 0.6 is 11.8 Å². The van der Waals surface area contributed by atoms with Gasteiger partial charge in [0.1, 0.15) is 11.4 Å². The Hall–Kier alpha value is -3.92. The molecule has 0 bridgehead atoms. The Kier molecular flexibility index (Phi) is 6.25. The van der Waals surface area contributed by atoms with Gasteiger partial charge in [0.25, 0.3) is 5.56 Å². The molecule has 174 valence electrons. The van der Waals surface area contributed by atoms with Crippen molar-refractivity contribution in [3.05, 3.63) is 86.6 Å². The number of Topliss-reactive ketones (excluding diaryl/α,β-unsaturated/α-hetero) is 1. The average Bonchev–Trinajstić information content (AvgIpc) is 3.26. The lowest BCUT2D eigenvalue weighted by molar-refractivity contribution is 0.0992. The highest BCUT2D eigenvalue weighted by molar-refractivity contribution is 8.00. The normalized spacial score (nSPS) is 12.0. The third-order valence-electron chi connectivity index (χ3n) is 5.57. The zero-order valence-corrected chi connectivity index (χ0v) is 20.0. The summed E-state index contributed by atoms with van der Waals surface area (Å²) in [4.78, 5) is 38.1. The summed E-state index contributed by atoms with van der Waals surface area (Å²) in [7, 11) is 2.74. The molecule has 2 aromatic carbocycles. The van der Waals surface area contributed by atoms with Crippen LogP contribution in [0.2, 0.25) is 0 Å². The van der Waals surface area contributed by atoms with Gasteiger partial charge >= 0.3 is 5.69 Å². The molecule has 0 radical (unpaired) electrons. The molecule has 0 fully saturated rings.